The van der Waals surface area contributed by atoms with Crippen LogP contribution in [0.3, 0.4) is 0 Å². The maximum atomic E-state index is 14.3. The molecule has 41 heavy (non-hydrogen) atoms. The Morgan fingerprint density at radius 1 is 1.07 bits per heavy atom. The number of amides is 2. The Hall–Kier alpha value is -5.69. The zero-order valence-corrected chi connectivity index (χ0v) is 22.9. The second kappa shape index (κ2) is 11.2. The zero-order valence-electron chi connectivity index (χ0n) is 22.9. The van der Waals surface area contributed by atoms with Gasteiger partial charge in [-0.2, -0.15) is 5.10 Å². The number of nitrogens with two attached hydrogens (primary N) is 1. The molecule has 0 aliphatic rings. The molecular formula is C31H28N8O2. The molecule has 2 amide bonds. The summed E-state index contributed by atoms with van der Waals surface area (Å²) in [6, 6.07) is 15.7. The number of fused-ring (bicyclic) bond motifs is 1. The fourth-order valence-corrected chi connectivity index (χ4v) is 4.45. The van der Waals surface area contributed by atoms with Crippen molar-refractivity contribution >= 4 is 29.0 Å². The number of carbonyl (C=O) groups is 2. The number of anilines is 2. The highest BCUT2D eigenvalue weighted by molar-refractivity contribution is 6.11. The van der Waals surface area contributed by atoms with E-state index in [-0.39, 0.29) is 17.3 Å². The fourth-order valence-electron chi connectivity index (χ4n) is 4.45. The number of aromatic nitrogens is 5. The highest BCUT2D eigenvalue weighted by Gasteiger charge is 2.29. The fraction of sp³-hybridized carbons (Fsp3) is 0.129. The third-order valence-electron chi connectivity index (χ3n) is 6.53. The van der Waals surface area contributed by atoms with Crippen molar-refractivity contribution in [2.24, 2.45) is 7.05 Å². The van der Waals surface area contributed by atoms with Gasteiger partial charge >= 0.3 is 0 Å². The Bertz CT molecular complexity index is 1840. The minimum atomic E-state index is -0.668. The first kappa shape index (κ1) is 26.9. The Morgan fingerprint density at radius 3 is 2.59 bits per heavy atom. The number of rotatable bonds is 6. The molecule has 3 heterocycles. The maximum Gasteiger partial charge on any atom is 0.264 e. The standard InChI is InChI=1S/C31H28N8O2/c1-20-10-8-11-24(15-14-23-18-34-37(4)19-23)26(20)31(41)39(25-12-6-5-7-13-25)22(3)21(2)35-30(40)27-28(32)36-38-17-9-16-33-29(27)38/h5-13,16-19,21H,3H2,1-2,4H3,(H2,32,36)(H,35,40)/t21-/m0/s1. The van der Waals surface area contributed by atoms with Gasteiger partial charge in [0.05, 0.1) is 23.4 Å². The molecular weight excluding hydrogens is 516 g/mol. The minimum Gasteiger partial charge on any atom is -0.381 e. The molecule has 10 nitrogen and oxygen atoms in total. The Labute approximate surface area is 237 Å². The highest BCUT2D eigenvalue weighted by atomic mass is 16.2. The first-order valence-electron chi connectivity index (χ1n) is 12.8. The quantitative estimate of drug-likeness (QED) is 0.314. The van der Waals surface area contributed by atoms with Crippen LogP contribution in [0.2, 0.25) is 0 Å². The molecule has 0 saturated carbocycles. The Morgan fingerprint density at radius 2 is 1.85 bits per heavy atom. The van der Waals surface area contributed by atoms with Crippen LogP contribution in [0.15, 0.2) is 91.7 Å². The second-order valence-corrected chi connectivity index (χ2v) is 9.46. The third-order valence-corrected chi connectivity index (χ3v) is 6.53. The van der Waals surface area contributed by atoms with Gasteiger partial charge < -0.3 is 11.1 Å². The average molecular weight is 545 g/mol. The number of aryl methyl sites for hydroxylation is 2. The zero-order chi connectivity index (χ0) is 29.1. The van der Waals surface area contributed by atoms with E-state index in [4.69, 9.17) is 5.73 Å². The van der Waals surface area contributed by atoms with Crippen LogP contribution in [0.1, 0.15) is 44.3 Å². The van der Waals surface area contributed by atoms with Crippen molar-refractivity contribution in [1.29, 1.82) is 0 Å². The van der Waals surface area contributed by atoms with Gasteiger partial charge in [-0.3, -0.25) is 19.2 Å². The van der Waals surface area contributed by atoms with Gasteiger partial charge in [-0.15, -0.1) is 5.10 Å². The van der Waals surface area contributed by atoms with E-state index in [2.05, 4.69) is 38.9 Å². The molecule has 0 bridgehead atoms. The van der Waals surface area contributed by atoms with Crippen LogP contribution >= 0.6 is 0 Å². The van der Waals surface area contributed by atoms with Crippen molar-refractivity contribution in [3.05, 3.63) is 119 Å². The van der Waals surface area contributed by atoms with Gasteiger partial charge in [0.1, 0.15) is 5.56 Å². The number of hydrogen-bond donors (Lipinski definition) is 2. The SMILES string of the molecule is C=C([C@H](C)NC(=O)c1c(N)nn2cccnc12)N(C(=O)c1c(C)cccc1C#Cc1cnn(C)c1)c1ccccc1. The lowest BCUT2D eigenvalue weighted by atomic mass is 9.99. The normalized spacial score (nSPS) is 11.4. The number of carbonyl (C=O) groups excluding carboxylic acids is 2. The van der Waals surface area contributed by atoms with E-state index in [1.54, 1.807) is 42.5 Å². The molecule has 1 atom stereocenters. The van der Waals surface area contributed by atoms with Crippen LogP contribution < -0.4 is 16.0 Å². The molecule has 204 valence electrons. The average Bonchev–Trinajstić information content (AvgIpc) is 3.53. The summed E-state index contributed by atoms with van der Waals surface area (Å²) in [6.07, 6.45) is 6.69. The molecule has 0 unspecified atom stereocenters. The Kier molecular flexibility index (Phi) is 7.35. The number of nitrogens with zero attached hydrogens (tertiary/aromatic N) is 6. The van der Waals surface area contributed by atoms with Crippen LogP contribution in [0.5, 0.6) is 0 Å². The summed E-state index contributed by atoms with van der Waals surface area (Å²) in [4.78, 5) is 33.4. The van der Waals surface area contributed by atoms with Crippen molar-refractivity contribution in [3.8, 4) is 11.8 Å². The molecule has 0 aliphatic heterocycles. The summed E-state index contributed by atoms with van der Waals surface area (Å²) in [5.41, 5.74) is 9.95. The monoisotopic (exact) mass is 544 g/mol. The van der Waals surface area contributed by atoms with Crippen LogP contribution in [-0.4, -0.2) is 42.2 Å². The van der Waals surface area contributed by atoms with E-state index >= 15 is 0 Å². The maximum absolute atomic E-state index is 14.3. The van der Waals surface area contributed by atoms with Gasteiger partial charge in [0.15, 0.2) is 11.5 Å². The van der Waals surface area contributed by atoms with E-state index in [0.717, 1.165) is 11.1 Å². The van der Waals surface area contributed by atoms with Crippen LogP contribution in [0.25, 0.3) is 5.65 Å². The second-order valence-electron chi connectivity index (χ2n) is 9.46. The number of benzene rings is 2. The van der Waals surface area contributed by atoms with Crippen molar-refractivity contribution in [2.45, 2.75) is 19.9 Å². The Balaban J connectivity index is 1.49. The molecule has 5 aromatic rings. The smallest absolute Gasteiger partial charge is 0.264 e. The van der Waals surface area contributed by atoms with Crippen molar-refractivity contribution in [1.82, 2.24) is 29.7 Å². The van der Waals surface area contributed by atoms with E-state index in [1.807, 2.05) is 62.5 Å². The van der Waals surface area contributed by atoms with Crippen molar-refractivity contribution in [2.75, 3.05) is 10.6 Å². The molecule has 0 spiro atoms. The highest BCUT2D eigenvalue weighted by Crippen LogP contribution is 2.26. The lowest BCUT2D eigenvalue weighted by Gasteiger charge is -2.30. The summed E-state index contributed by atoms with van der Waals surface area (Å²) in [7, 11) is 1.82. The largest absolute Gasteiger partial charge is 0.381 e. The molecule has 10 heteroatoms. The third kappa shape index (κ3) is 5.42. The van der Waals surface area contributed by atoms with Crippen LogP contribution in [-0.2, 0) is 7.05 Å². The molecule has 2 aromatic carbocycles. The van der Waals surface area contributed by atoms with Crippen LogP contribution in [0, 0.1) is 18.8 Å². The van der Waals surface area contributed by atoms with E-state index in [9.17, 15) is 9.59 Å². The summed E-state index contributed by atoms with van der Waals surface area (Å²) >= 11 is 0. The van der Waals surface area contributed by atoms with Gasteiger partial charge in [-0.1, -0.05) is 48.8 Å². The minimum absolute atomic E-state index is 0.0479. The molecule has 0 fully saturated rings. The molecule has 3 aromatic heterocycles. The van der Waals surface area contributed by atoms with Crippen molar-refractivity contribution < 1.29 is 9.59 Å². The van der Waals surface area contributed by atoms with Gasteiger partial charge in [0.2, 0.25) is 0 Å². The van der Waals surface area contributed by atoms with E-state index < -0.39 is 11.9 Å². The molecule has 3 N–H and O–H groups in total. The summed E-state index contributed by atoms with van der Waals surface area (Å²) in [6.45, 7) is 7.84. The predicted octanol–water partition coefficient (Wildman–Crippen LogP) is 3.73. The molecule has 5 rings (SSSR count). The van der Waals surface area contributed by atoms with Crippen LogP contribution in [0.4, 0.5) is 11.5 Å². The molecule has 0 radical (unpaired) electrons. The van der Waals surface area contributed by atoms with E-state index in [0.29, 0.717) is 28.2 Å². The number of para-hydroxylation sites is 1. The van der Waals surface area contributed by atoms with E-state index in [1.165, 1.54) is 9.42 Å². The van der Waals surface area contributed by atoms with Crippen molar-refractivity contribution in [3.63, 3.8) is 0 Å². The topological polar surface area (TPSA) is 123 Å². The van der Waals surface area contributed by atoms with Gasteiger partial charge in [-0.25, -0.2) is 9.50 Å². The lowest BCUT2D eigenvalue weighted by molar-refractivity contribution is 0.0938. The number of nitrogen functional groups attached to an aromatic ring is 1. The predicted molar refractivity (Wildman–Crippen MR) is 157 cm³/mol. The summed E-state index contributed by atoms with van der Waals surface area (Å²) in [5, 5.41) is 11.2. The first-order chi connectivity index (χ1) is 19.7. The lowest BCUT2D eigenvalue weighted by Crippen LogP contribution is -2.42. The summed E-state index contributed by atoms with van der Waals surface area (Å²) < 4.78 is 3.11. The molecule has 0 aliphatic carbocycles. The van der Waals surface area contributed by atoms with Gasteiger partial charge in [0, 0.05) is 42.6 Å². The van der Waals surface area contributed by atoms with Gasteiger partial charge in [-0.05, 0) is 43.7 Å². The van der Waals surface area contributed by atoms with Gasteiger partial charge in [0.25, 0.3) is 11.8 Å². The first-order valence-corrected chi connectivity index (χ1v) is 12.8. The number of hydrogen-bond acceptors (Lipinski definition) is 6. The number of nitrogens with one attached hydrogen (secondary N) is 1. The molecule has 0 saturated heterocycles. The summed E-state index contributed by atoms with van der Waals surface area (Å²) in [5.74, 6) is 5.46.